The van der Waals surface area contributed by atoms with Gasteiger partial charge in [0.2, 0.25) is 6.41 Å². The number of hydrogen-bond acceptors (Lipinski definition) is 4. The van der Waals surface area contributed by atoms with E-state index in [1.807, 2.05) is 0 Å². The SMILES string of the molecule is CCCCSC1CS(=O)(=O)CC1NC=O. The van der Waals surface area contributed by atoms with E-state index in [4.69, 9.17) is 0 Å². The number of amides is 1. The Labute approximate surface area is 95.1 Å². The highest BCUT2D eigenvalue weighted by Crippen LogP contribution is 2.25. The van der Waals surface area contributed by atoms with Crippen LogP contribution in [0.3, 0.4) is 0 Å². The highest BCUT2D eigenvalue weighted by Gasteiger charge is 2.37. The Hall–Kier alpha value is -0.230. The number of sulfone groups is 1. The van der Waals surface area contributed by atoms with Gasteiger partial charge in [0, 0.05) is 5.25 Å². The number of carbonyl (C=O) groups is 1. The van der Waals surface area contributed by atoms with Crippen molar-refractivity contribution in [2.45, 2.75) is 31.1 Å². The first-order chi connectivity index (χ1) is 7.09. The summed E-state index contributed by atoms with van der Waals surface area (Å²) < 4.78 is 22.8. The number of rotatable bonds is 6. The smallest absolute Gasteiger partial charge is 0.207 e. The van der Waals surface area contributed by atoms with Gasteiger partial charge in [0.05, 0.1) is 17.5 Å². The standard InChI is InChI=1S/C9H17NO3S2/c1-2-3-4-14-9-6-15(12,13)5-8(9)10-7-11/h7-9H,2-6H2,1H3,(H,10,11). The van der Waals surface area contributed by atoms with Crippen molar-refractivity contribution in [3.8, 4) is 0 Å². The van der Waals surface area contributed by atoms with E-state index < -0.39 is 9.84 Å². The molecule has 1 rings (SSSR count). The lowest BCUT2D eigenvalue weighted by molar-refractivity contribution is -0.110. The zero-order valence-electron chi connectivity index (χ0n) is 8.81. The van der Waals surface area contributed by atoms with E-state index in [9.17, 15) is 13.2 Å². The van der Waals surface area contributed by atoms with Crippen LogP contribution in [-0.4, -0.2) is 43.4 Å². The van der Waals surface area contributed by atoms with Crippen molar-refractivity contribution >= 4 is 28.0 Å². The largest absolute Gasteiger partial charge is 0.354 e. The average molecular weight is 251 g/mol. The molecular formula is C9H17NO3S2. The van der Waals surface area contributed by atoms with Crippen LogP contribution in [0, 0.1) is 0 Å². The summed E-state index contributed by atoms with van der Waals surface area (Å²) in [5.74, 6) is 1.26. The number of thioether (sulfide) groups is 1. The first kappa shape index (κ1) is 12.8. The van der Waals surface area contributed by atoms with Crippen molar-refractivity contribution in [2.24, 2.45) is 0 Å². The van der Waals surface area contributed by atoms with Gasteiger partial charge in [-0.15, -0.1) is 0 Å². The molecule has 1 amide bonds. The minimum absolute atomic E-state index is 0.0340. The molecule has 1 aliphatic heterocycles. The highest BCUT2D eigenvalue weighted by molar-refractivity contribution is 8.01. The van der Waals surface area contributed by atoms with E-state index in [0.717, 1.165) is 18.6 Å². The molecule has 4 nitrogen and oxygen atoms in total. The second-order valence-corrected chi connectivity index (χ2v) is 7.23. The summed E-state index contributed by atoms with van der Waals surface area (Å²) in [5, 5.41) is 2.63. The van der Waals surface area contributed by atoms with Crippen LogP contribution in [0.4, 0.5) is 0 Å². The Morgan fingerprint density at radius 1 is 1.47 bits per heavy atom. The van der Waals surface area contributed by atoms with Gasteiger partial charge in [-0.05, 0) is 12.2 Å². The normalized spacial score (nSPS) is 28.9. The molecular weight excluding hydrogens is 234 g/mol. The molecule has 0 spiro atoms. The van der Waals surface area contributed by atoms with Crippen LogP contribution >= 0.6 is 11.8 Å². The molecule has 6 heteroatoms. The maximum absolute atomic E-state index is 11.4. The van der Waals surface area contributed by atoms with Crippen molar-refractivity contribution in [3.63, 3.8) is 0 Å². The molecule has 0 aromatic rings. The van der Waals surface area contributed by atoms with Gasteiger partial charge in [-0.2, -0.15) is 11.8 Å². The predicted molar refractivity (Wildman–Crippen MR) is 62.8 cm³/mol. The van der Waals surface area contributed by atoms with Crippen LogP contribution in [0.1, 0.15) is 19.8 Å². The van der Waals surface area contributed by atoms with Crippen LogP contribution in [0.5, 0.6) is 0 Å². The fourth-order valence-electron chi connectivity index (χ4n) is 1.60. The Kier molecular flexibility index (Phi) is 4.92. The van der Waals surface area contributed by atoms with E-state index in [-0.39, 0.29) is 22.8 Å². The Balaban J connectivity index is 2.49. The molecule has 1 saturated heterocycles. The molecule has 15 heavy (non-hydrogen) atoms. The zero-order chi connectivity index (χ0) is 11.3. The van der Waals surface area contributed by atoms with E-state index in [2.05, 4.69) is 12.2 Å². The Bertz CT molecular complexity index is 302. The highest BCUT2D eigenvalue weighted by atomic mass is 32.2. The first-order valence-corrected chi connectivity index (χ1v) is 7.98. The van der Waals surface area contributed by atoms with Gasteiger partial charge in [-0.3, -0.25) is 4.79 Å². The maximum Gasteiger partial charge on any atom is 0.207 e. The van der Waals surface area contributed by atoms with E-state index >= 15 is 0 Å². The Morgan fingerprint density at radius 3 is 2.80 bits per heavy atom. The second kappa shape index (κ2) is 5.75. The molecule has 2 unspecified atom stereocenters. The quantitative estimate of drug-likeness (QED) is 0.549. The van der Waals surface area contributed by atoms with Crippen LogP contribution in [-0.2, 0) is 14.6 Å². The lowest BCUT2D eigenvalue weighted by Gasteiger charge is -2.16. The van der Waals surface area contributed by atoms with E-state index in [1.54, 1.807) is 11.8 Å². The van der Waals surface area contributed by atoms with Gasteiger partial charge in [-0.25, -0.2) is 8.42 Å². The third-order valence-corrected chi connectivity index (χ3v) is 5.81. The van der Waals surface area contributed by atoms with Gasteiger partial charge in [0.25, 0.3) is 0 Å². The minimum atomic E-state index is -2.95. The molecule has 2 atom stereocenters. The molecule has 1 heterocycles. The van der Waals surface area contributed by atoms with E-state index in [1.165, 1.54) is 0 Å². The Morgan fingerprint density at radius 2 is 2.20 bits per heavy atom. The third kappa shape index (κ3) is 4.03. The topological polar surface area (TPSA) is 63.2 Å². The van der Waals surface area contributed by atoms with Crippen molar-refractivity contribution in [3.05, 3.63) is 0 Å². The van der Waals surface area contributed by atoms with Crippen molar-refractivity contribution in [1.29, 1.82) is 0 Å². The van der Waals surface area contributed by atoms with Crippen molar-refractivity contribution in [2.75, 3.05) is 17.3 Å². The average Bonchev–Trinajstić information content (AvgIpc) is 2.42. The summed E-state index contributed by atoms with van der Waals surface area (Å²) in [6.45, 7) is 2.10. The number of nitrogens with one attached hydrogen (secondary N) is 1. The van der Waals surface area contributed by atoms with Gasteiger partial charge in [0.15, 0.2) is 9.84 Å². The molecule has 0 aliphatic carbocycles. The van der Waals surface area contributed by atoms with Gasteiger partial charge < -0.3 is 5.32 Å². The summed E-state index contributed by atoms with van der Waals surface area (Å²) in [7, 11) is -2.95. The van der Waals surface area contributed by atoms with Gasteiger partial charge in [0.1, 0.15) is 0 Å². The number of unbranched alkanes of at least 4 members (excludes halogenated alkanes) is 1. The summed E-state index contributed by atoms with van der Waals surface area (Å²) in [6, 6.07) is -0.200. The van der Waals surface area contributed by atoms with Crippen molar-refractivity contribution in [1.82, 2.24) is 5.32 Å². The summed E-state index contributed by atoms with van der Waals surface area (Å²) in [5.41, 5.74) is 0. The molecule has 0 saturated carbocycles. The second-order valence-electron chi connectivity index (χ2n) is 3.73. The fourth-order valence-corrected chi connectivity index (χ4v) is 5.64. The molecule has 0 aromatic heterocycles. The zero-order valence-corrected chi connectivity index (χ0v) is 10.4. The van der Waals surface area contributed by atoms with E-state index in [0.29, 0.717) is 6.41 Å². The summed E-state index contributed by atoms with van der Waals surface area (Å²) in [4.78, 5) is 10.3. The molecule has 0 bridgehead atoms. The summed E-state index contributed by atoms with van der Waals surface area (Å²) >= 11 is 1.66. The molecule has 1 fully saturated rings. The number of hydrogen-bond donors (Lipinski definition) is 1. The fraction of sp³-hybridized carbons (Fsp3) is 0.889. The summed E-state index contributed by atoms with van der Waals surface area (Å²) in [6.07, 6.45) is 2.80. The van der Waals surface area contributed by atoms with Crippen LogP contribution in [0.25, 0.3) is 0 Å². The lowest BCUT2D eigenvalue weighted by Crippen LogP contribution is -2.36. The molecule has 88 valence electrons. The molecule has 1 N–H and O–H groups in total. The minimum Gasteiger partial charge on any atom is -0.354 e. The van der Waals surface area contributed by atoms with Gasteiger partial charge in [-0.1, -0.05) is 13.3 Å². The van der Waals surface area contributed by atoms with Gasteiger partial charge >= 0.3 is 0 Å². The third-order valence-electron chi connectivity index (χ3n) is 2.41. The van der Waals surface area contributed by atoms with Crippen LogP contribution < -0.4 is 5.32 Å². The lowest BCUT2D eigenvalue weighted by atomic mass is 10.3. The van der Waals surface area contributed by atoms with Crippen molar-refractivity contribution < 1.29 is 13.2 Å². The van der Waals surface area contributed by atoms with Crippen LogP contribution in [0.15, 0.2) is 0 Å². The number of carbonyl (C=O) groups excluding carboxylic acids is 1. The first-order valence-electron chi connectivity index (χ1n) is 5.11. The van der Waals surface area contributed by atoms with Crippen LogP contribution in [0.2, 0.25) is 0 Å². The predicted octanol–water partition coefficient (Wildman–Crippen LogP) is 0.431. The molecule has 0 aromatic carbocycles. The maximum atomic E-state index is 11.4. The molecule has 1 aliphatic rings. The monoisotopic (exact) mass is 251 g/mol. The molecule has 0 radical (unpaired) electrons.